The molecule has 4 aromatic rings. The number of rotatable bonds is 9. The number of carbonyl (C=O) groups excluding carboxylic acids is 2. The van der Waals surface area contributed by atoms with Gasteiger partial charge in [-0.1, -0.05) is 42.5 Å². The largest absolute Gasteiger partial charge is 1.00 e. The van der Waals surface area contributed by atoms with Gasteiger partial charge in [-0.25, -0.2) is 0 Å². The molecule has 0 fully saturated rings. The zero-order valence-electron chi connectivity index (χ0n) is 19.6. The minimum absolute atomic E-state index is 0. The Labute approximate surface area is 228 Å². The van der Waals surface area contributed by atoms with E-state index in [0.29, 0.717) is 17.9 Å². The maximum Gasteiger partial charge on any atom is 1.00 e. The predicted molar refractivity (Wildman–Crippen MR) is 125 cm³/mol. The Morgan fingerprint density at radius 1 is 0.944 bits per heavy atom. The van der Waals surface area contributed by atoms with E-state index >= 15 is 0 Å². The molecule has 0 atom stereocenters. The molecule has 0 amide bonds. The van der Waals surface area contributed by atoms with Crippen LogP contribution >= 0.6 is 0 Å². The zero-order chi connectivity index (χ0) is 24.8. The van der Waals surface area contributed by atoms with E-state index in [1.807, 2.05) is 30.3 Å². The molecule has 0 aliphatic heterocycles. The predicted octanol–water partition coefficient (Wildman–Crippen LogP) is 0.574. The van der Waals surface area contributed by atoms with E-state index in [1.165, 1.54) is 24.5 Å². The fraction of sp³-hybridized carbons (Fsp3) is 0.148. The quantitative estimate of drug-likeness (QED) is 0.203. The van der Waals surface area contributed by atoms with Gasteiger partial charge in [0.25, 0.3) is 0 Å². The van der Waals surface area contributed by atoms with Gasteiger partial charge in [0.1, 0.15) is 41.1 Å². The number of benzene rings is 3. The number of phenols is 1. The summed E-state index contributed by atoms with van der Waals surface area (Å²) in [5.74, 6) is -1.44. The molecule has 0 radical (unpaired) electrons. The first-order valence-electron chi connectivity index (χ1n) is 10.9. The molecule has 0 bridgehead atoms. The molecule has 0 unspecified atom stereocenters. The van der Waals surface area contributed by atoms with E-state index in [2.05, 4.69) is 0 Å². The van der Waals surface area contributed by atoms with Gasteiger partial charge in [0.2, 0.25) is 5.43 Å². The molecule has 0 spiro atoms. The van der Waals surface area contributed by atoms with Crippen molar-refractivity contribution in [2.75, 3.05) is 0 Å². The summed E-state index contributed by atoms with van der Waals surface area (Å²) in [6.45, 7) is 0.293. The second kappa shape index (κ2) is 12.4. The Balaban J connectivity index is 0.00000361. The van der Waals surface area contributed by atoms with Gasteiger partial charge in [-0.15, -0.1) is 0 Å². The number of ether oxygens (including phenoxy) is 2. The number of phenolic OH excluding ortho intramolecular Hbond substituents is 1. The number of carboxylic acids is 1. The summed E-state index contributed by atoms with van der Waals surface area (Å²) in [6, 6.07) is 18.6. The average molecular weight is 496 g/mol. The standard InChI is InChI=1S/C27H22O8.Na/c28-22-13-20(33-15-17-5-2-1-3-6-17)14-23-26(22)27(32)21(16-34-23)18-9-11-19(12-10-18)35-25(31)8-4-7-24(29)30;/h1-3,5-6,9-14,16,28H,4,7-8,15H2,(H,29,30);/q;+1/p-1. The summed E-state index contributed by atoms with van der Waals surface area (Å²) < 4.78 is 16.5. The van der Waals surface area contributed by atoms with Crippen LogP contribution in [-0.2, 0) is 16.2 Å². The molecule has 0 saturated carbocycles. The van der Waals surface area contributed by atoms with Gasteiger partial charge in [-0.3, -0.25) is 9.59 Å². The first-order chi connectivity index (χ1) is 16.9. The Morgan fingerprint density at radius 3 is 2.36 bits per heavy atom. The Morgan fingerprint density at radius 2 is 1.67 bits per heavy atom. The fourth-order valence-corrected chi connectivity index (χ4v) is 3.49. The summed E-state index contributed by atoms with van der Waals surface area (Å²) in [4.78, 5) is 35.3. The summed E-state index contributed by atoms with van der Waals surface area (Å²) in [7, 11) is 0. The SMILES string of the molecule is O=C([O-])CCCC(=O)Oc1ccc(-c2coc3cc(OCc4ccccc4)cc(O)c3c2=O)cc1.[Na+]. The van der Waals surface area contributed by atoms with Crippen LogP contribution in [0.3, 0.4) is 0 Å². The molecule has 8 nitrogen and oxygen atoms in total. The van der Waals surface area contributed by atoms with Crippen molar-refractivity contribution in [3.05, 3.63) is 88.8 Å². The number of aliphatic carboxylic acids is 1. The van der Waals surface area contributed by atoms with Crippen molar-refractivity contribution in [1.82, 2.24) is 0 Å². The van der Waals surface area contributed by atoms with E-state index in [4.69, 9.17) is 13.9 Å². The van der Waals surface area contributed by atoms with E-state index < -0.39 is 17.4 Å². The number of carbonyl (C=O) groups is 2. The number of aromatic hydroxyl groups is 1. The number of fused-ring (bicyclic) bond motifs is 1. The molecule has 1 aromatic heterocycles. The molecule has 1 N–H and O–H groups in total. The van der Waals surface area contributed by atoms with E-state index in [1.54, 1.807) is 18.2 Å². The smallest absolute Gasteiger partial charge is 0.550 e. The van der Waals surface area contributed by atoms with Gasteiger partial charge in [-0.2, -0.15) is 0 Å². The fourth-order valence-electron chi connectivity index (χ4n) is 3.49. The molecule has 1 heterocycles. The van der Waals surface area contributed by atoms with Crippen molar-refractivity contribution in [3.8, 4) is 28.4 Å². The first kappa shape index (κ1) is 27.0. The van der Waals surface area contributed by atoms with Crippen molar-refractivity contribution >= 4 is 22.9 Å². The maximum absolute atomic E-state index is 13.1. The molecular formula is C27H21NaO8. The zero-order valence-corrected chi connectivity index (χ0v) is 21.6. The molecule has 9 heteroatoms. The monoisotopic (exact) mass is 496 g/mol. The summed E-state index contributed by atoms with van der Waals surface area (Å²) in [5, 5.41) is 21.0. The van der Waals surface area contributed by atoms with Crippen LogP contribution in [0.5, 0.6) is 17.2 Å². The molecule has 3 aromatic carbocycles. The van der Waals surface area contributed by atoms with Crippen LogP contribution in [0.15, 0.2) is 82.2 Å². The summed E-state index contributed by atoms with van der Waals surface area (Å²) >= 11 is 0. The number of esters is 1. The Hall–Kier alpha value is -3.59. The third-order valence-electron chi connectivity index (χ3n) is 5.24. The van der Waals surface area contributed by atoms with Crippen molar-refractivity contribution in [3.63, 3.8) is 0 Å². The van der Waals surface area contributed by atoms with Crippen LogP contribution in [0.1, 0.15) is 24.8 Å². The van der Waals surface area contributed by atoms with Crippen LogP contribution in [-0.4, -0.2) is 17.0 Å². The second-order valence-corrected chi connectivity index (χ2v) is 7.79. The Kier molecular flexibility index (Phi) is 9.30. The topological polar surface area (TPSA) is 126 Å². The molecule has 0 aliphatic rings. The van der Waals surface area contributed by atoms with Crippen molar-refractivity contribution < 1.29 is 63.3 Å². The van der Waals surface area contributed by atoms with Crippen LogP contribution in [0.2, 0.25) is 0 Å². The van der Waals surface area contributed by atoms with Crippen molar-refractivity contribution in [2.24, 2.45) is 0 Å². The van der Waals surface area contributed by atoms with Gasteiger partial charge in [-0.05, 0) is 36.1 Å². The van der Waals surface area contributed by atoms with Crippen LogP contribution < -0.4 is 49.6 Å². The minimum atomic E-state index is -1.22. The third-order valence-corrected chi connectivity index (χ3v) is 5.24. The number of carboxylic acid groups (broad SMARTS) is 1. The normalized spacial score (nSPS) is 10.4. The summed E-state index contributed by atoms with van der Waals surface area (Å²) in [5.41, 5.74) is 1.43. The van der Waals surface area contributed by atoms with Crippen LogP contribution in [0.25, 0.3) is 22.1 Å². The van der Waals surface area contributed by atoms with Gasteiger partial charge in [0.05, 0.1) is 5.56 Å². The molecule has 0 saturated heterocycles. The number of hydrogen-bond donors (Lipinski definition) is 1. The second-order valence-electron chi connectivity index (χ2n) is 7.79. The van der Waals surface area contributed by atoms with Crippen LogP contribution in [0, 0.1) is 0 Å². The van der Waals surface area contributed by atoms with Gasteiger partial charge >= 0.3 is 35.5 Å². The van der Waals surface area contributed by atoms with Gasteiger partial charge < -0.3 is 28.9 Å². The maximum atomic E-state index is 13.1. The van der Waals surface area contributed by atoms with Crippen LogP contribution in [0.4, 0.5) is 0 Å². The first-order valence-corrected chi connectivity index (χ1v) is 10.9. The molecule has 36 heavy (non-hydrogen) atoms. The minimum Gasteiger partial charge on any atom is -0.550 e. The number of hydrogen-bond acceptors (Lipinski definition) is 8. The van der Waals surface area contributed by atoms with Crippen molar-refractivity contribution in [2.45, 2.75) is 25.9 Å². The molecule has 0 aliphatic carbocycles. The third kappa shape index (κ3) is 6.75. The Bertz CT molecular complexity index is 1410. The summed E-state index contributed by atoms with van der Waals surface area (Å²) in [6.07, 6.45) is 1.14. The van der Waals surface area contributed by atoms with E-state index in [9.17, 15) is 24.6 Å². The molecule has 178 valence electrons. The van der Waals surface area contributed by atoms with Gasteiger partial charge in [0.15, 0.2) is 0 Å². The molecular weight excluding hydrogens is 475 g/mol. The average Bonchev–Trinajstić information content (AvgIpc) is 2.84. The van der Waals surface area contributed by atoms with E-state index in [-0.39, 0.29) is 76.9 Å². The molecule has 4 rings (SSSR count). The van der Waals surface area contributed by atoms with E-state index in [0.717, 1.165) is 5.56 Å². The van der Waals surface area contributed by atoms with Gasteiger partial charge in [0, 0.05) is 24.5 Å². The van der Waals surface area contributed by atoms with Crippen molar-refractivity contribution in [1.29, 1.82) is 0 Å².